The molecule has 3 atom stereocenters. The third-order valence-electron chi connectivity index (χ3n) is 2.89. The summed E-state index contributed by atoms with van der Waals surface area (Å²) in [5.41, 5.74) is 0. The molecule has 2 rings (SSSR count). The molecule has 0 aromatic heterocycles. The van der Waals surface area contributed by atoms with E-state index in [1.807, 2.05) is 0 Å². The lowest BCUT2D eigenvalue weighted by atomic mass is 10.2. The summed E-state index contributed by atoms with van der Waals surface area (Å²) in [4.78, 5) is 11.5. The third kappa shape index (κ3) is 2.69. The monoisotopic (exact) mass is 198 g/mol. The van der Waals surface area contributed by atoms with Crippen LogP contribution in [0.1, 0.15) is 19.8 Å². The van der Waals surface area contributed by atoms with Gasteiger partial charge in [0, 0.05) is 25.0 Å². The van der Waals surface area contributed by atoms with Crippen LogP contribution in [0.3, 0.4) is 0 Å². The summed E-state index contributed by atoms with van der Waals surface area (Å²) in [6, 6.07) is 0.643. The highest BCUT2D eigenvalue weighted by Gasteiger charge is 2.34. The molecule has 80 valence electrons. The van der Waals surface area contributed by atoms with Gasteiger partial charge in [0.1, 0.15) is 0 Å². The van der Waals surface area contributed by atoms with Gasteiger partial charge in [-0.15, -0.1) is 0 Å². The second kappa shape index (κ2) is 4.28. The Morgan fingerprint density at radius 1 is 1.64 bits per heavy atom. The van der Waals surface area contributed by atoms with Crippen LogP contribution < -0.4 is 10.6 Å². The number of carbonyl (C=O) groups excluding carboxylic acids is 1. The summed E-state index contributed by atoms with van der Waals surface area (Å²) in [7, 11) is 0. The zero-order valence-corrected chi connectivity index (χ0v) is 8.58. The number of ether oxygens (including phenoxy) is 1. The van der Waals surface area contributed by atoms with Crippen LogP contribution in [0.5, 0.6) is 0 Å². The normalized spacial score (nSPS) is 36.5. The second-order valence-corrected chi connectivity index (χ2v) is 4.32. The summed E-state index contributed by atoms with van der Waals surface area (Å²) < 4.78 is 5.28. The van der Waals surface area contributed by atoms with Gasteiger partial charge in [0.2, 0.25) is 5.91 Å². The molecule has 2 aliphatic rings. The molecule has 1 aliphatic carbocycles. The van der Waals surface area contributed by atoms with Crippen molar-refractivity contribution in [1.82, 2.24) is 10.6 Å². The van der Waals surface area contributed by atoms with E-state index < -0.39 is 0 Å². The van der Waals surface area contributed by atoms with E-state index in [-0.39, 0.29) is 11.9 Å². The average molecular weight is 198 g/mol. The molecule has 4 heteroatoms. The highest BCUT2D eigenvalue weighted by Crippen LogP contribution is 2.28. The Balaban J connectivity index is 1.65. The van der Waals surface area contributed by atoms with Crippen molar-refractivity contribution in [2.75, 3.05) is 19.8 Å². The first-order chi connectivity index (χ1) is 6.75. The van der Waals surface area contributed by atoms with Gasteiger partial charge in [-0.2, -0.15) is 0 Å². The zero-order chi connectivity index (χ0) is 9.97. The zero-order valence-electron chi connectivity index (χ0n) is 8.58. The van der Waals surface area contributed by atoms with E-state index in [9.17, 15) is 4.79 Å². The number of hydrogen-bond acceptors (Lipinski definition) is 3. The van der Waals surface area contributed by atoms with Crippen molar-refractivity contribution in [2.45, 2.75) is 31.8 Å². The molecule has 1 saturated heterocycles. The summed E-state index contributed by atoms with van der Waals surface area (Å²) >= 11 is 0. The van der Waals surface area contributed by atoms with Crippen LogP contribution in [0.15, 0.2) is 0 Å². The van der Waals surface area contributed by atoms with Gasteiger partial charge in [-0.3, -0.25) is 4.79 Å². The Morgan fingerprint density at radius 3 is 3.00 bits per heavy atom. The van der Waals surface area contributed by atoms with Crippen molar-refractivity contribution < 1.29 is 9.53 Å². The number of morpholine rings is 1. The Kier molecular flexibility index (Phi) is 3.03. The molecular weight excluding hydrogens is 180 g/mol. The van der Waals surface area contributed by atoms with Gasteiger partial charge in [-0.1, -0.05) is 6.92 Å². The van der Waals surface area contributed by atoms with Crippen LogP contribution in [0.4, 0.5) is 0 Å². The molecule has 2 fully saturated rings. The van der Waals surface area contributed by atoms with Gasteiger partial charge in [0.05, 0.1) is 13.2 Å². The number of carbonyl (C=O) groups is 1. The largest absolute Gasteiger partial charge is 0.378 e. The minimum absolute atomic E-state index is 0.155. The quantitative estimate of drug-likeness (QED) is 0.665. The fourth-order valence-corrected chi connectivity index (χ4v) is 1.76. The van der Waals surface area contributed by atoms with E-state index in [1.54, 1.807) is 0 Å². The SMILES string of the molecule is CC1CC1NC(=O)CC1COCCN1. The van der Waals surface area contributed by atoms with Crippen LogP contribution in [0.2, 0.25) is 0 Å². The summed E-state index contributed by atoms with van der Waals surface area (Å²) in [6.07, 6.45) is 1.68. The van der Waals surface area contributed by atoms with Gasteiger partial charge >= 0.3 is 0 Å². The summed E-state index contributed by atoms with van der Waals surface area (Å²) in [5.74, 6) is 0.830. The molecule has 3 unspecified atom stereocenters. The lowest BCUT2D eigenvalue weighted by Crippen LogP contribution is -2.44. The molecule has 0 spiro atoms. The van der Waals surface area contributed by atoms with E-state index in [2.05, 4.69) is 17.6 Å². The molecule has 0 bridgehead atoms. The first kappa shape index (κ1) is 9.93. The maximum absolute atomic E-state index is 11.5. The van der Waals surface area contributed by atoms with Gasteiger partial charge in [0.15, 0.2) is 0 Å². The van der Waals surface area contributed by atoms with Crippen LogP contribution >= 0.6 is 0 Å². The highest BCUT2D eigenvalue weighted by molar-refractivity contribution is 5.77. The van der Waals surface area contributed by atoms with Crippen molar-refractivity contribution >= 4 is 5.91 Å². The van der Waals surface area contributed by atoms with Crippen molar-refractivity contribution in [3.8, 4) is 0 Å². The van der Waals surface area contributed by atoms with Crippen molar-refractivity contribution in [2.24, 2.45) is 5.92 Å². The van der Waals surface area contributed by atoms with Crippen molar-refractivity contribution in [1.29, 1.82) is 0 Å². The maximum atomic E-state index is 11.5. The van der Waals surface area contributed by atoms with E-state index in [0.717, 1.165) is 19.6 Å². The Bertz CT molecular complexity index is 214. The van der Waals surface area contributed by atoms with E-state index in [0.29, 0.717) is 25.0 Å². The number of nitrogens with one attached hydrogen (secondary N) is 2. The Labute approximate surface area is 84.4 Å². The minimum Gasteiger partial charge on any atom is -0.378 e. The minimum atomic E-state index is 0.155. The van der Waals surface area contributed by atoms with E-state index >= 15 is 0 Å². The lowest BCUT2D eigenvalue weighted by Gasteiger charge is -2.23. The predicted molar refractivity (Wildman–Crippen MR) is 52.9 cm³/mol. The first-order valence-electron chi connectivity index (χ1n) is 5.36. The molecule has 0 aromatic rings. The molecule has 14 heavy (non-hydrogen) atoms. The van der Waals surface area contributed by atoms with Crippen molar-refractivity contribution in [3.63, 3.8) is 0 Å². The third-order valence-corrected chi connectivity index (χ3v) is 2.89. The van der Waals surface area contributed by atoms with Gasteiger partial charge in [0.25, 0.3) is 0 Å². The first-order valence-corrected chi connectivity index (χ1v) is 5.36. The second-order valence-electron chi connectivity index (χ2n) is 4.32. The number of hydrogen-bond donors (Lipinski definition) is 2. The van der Waals surface area contributed by atoms with Crippen LogP contribution in [-0.2, 0) is 9.53 Å². The molecule has 2 N–H and O–H groups in total. The van der Waals surface area contributed by atoms with Gasteiger partial charge in [-0.25, -0.2) is 0 Å². The fraction of sp³-hybridized carbons (Fsp3) is 0.900. The van der Waals surface area contributed by atoms with Gasteiger partial charge < -0.3 is 15.4 Å². The van der Waals surface area contributed by atoms with Crippen LogP contribution in [-0.4, -0.2) is 37.7 Å². The maximum Gasteiger partial charge on any atom is 0.221 e. The van der Waals surface area contributed by atoms with Gasteiger partial charge in [-0.05, 0) is 12.3 Å². The molecule has 1 amide bonds. The van der Waals surface area contributed by atoms with E-state index in [1.165, 1.54) is 0 Å². The van der Waals surface area contributed by atoms with E-state index in [4.69, 9.17) is 4.74 Å². The molecule has 0 radical (unpaired) electrons. The molecule has 4 nitrogen and oxygen atoms in total. The summed E-state index contributed by atoms with van der Waals surface area (Å²) in [5, 5.41) is 6.29. The topological polar surface area (TPSA) is 50.4 Å². The Morgan fingerprint density at radius 2 is 2.43 bits per heavy atom. The predicted octanol–water partition coefficient (Wildman–Crippen LogP) is -0.110. The smallest absolute Gasteiger partial charge is 0.221 e. The van der Waals surface area contributed by atoms with Crippen LogP contribution in [0.25, 0.3) is 0 Å². The Hall–Kier alpha value is -0.610. The lowest BCUT2D eigenvalue weighted by molar-refractivity contribution is -0.122. The fourth-order valence-electron chi connectivity index (χ4n) is 1.76. The average Bonchev–Trinajstić information content (AvgIpc) is 2.83. The molecular formula is C10H18N2O2. The molecule has 1 aliphatic heterocycles. The highest BCUT2D eigenvalue weighted by atomic mass is 16.5. The van der Waals surface area contributed by atoms with Crippen molar-refractivity contribution in [3.05, 3.63) is 0 Å². The number of amides is 1. The molecule has 1 heterocycles. The standard InChI is InChI=1S/C10H18N2O2/c1-7-4-9(7)12-10(13)5-8-6-14-3-2-11-8/h7-9,11H,2-6H2,1H3,(H,12,13). The molecule has 0 aromatic carbocycles. The summed E-state index contributed by atoms with van der Waals surface area (Å²) in [6.45, 7) is 4.44. The molecule has 1 saturated carbocycles. The number of rotatable bonds is 3. The van der Waals surface area contributed by atoms with Crippen LogP contribution in [0, 0.1) is 5.92 Å².